The Bertz CT molecular complexity index is 702. The first-order valence-electron chi connectivity index (χ1n) is 7.08. The average molecular weight is 366 g/mol. The highest BCUT2D eigenvalue weighted by atomic mass is 79.9. The average Bonchev–Trinajstić information content (AvgIpc) is 2.99. The zero-order valence-corrected chi connectivity index (χ0v) is 13.3. The van der Waals surface area contributed by atoms with Gasteiger partial charge >= 0.3 is 0 Å². The molecule has 2 aromatic carbocycles. The molecular formula is C17H14BrF2NO. The maximum atomic E-state index is 13.4. The zero-order valence-electron chi connectivity index (χ0n) is 11.7. The monoisotopic (exact) mass is 365 g/mol. The number of hydrogen-bond donors (Lipinski definition) is 0. The molecule has 1 atom stereocenters. The van der Waals surface area contributed by atoms with E-state index in [4.69, 9.17) is 0 Å². The van der Waals surface area contributed by atoms with Crippen molar-refractivity contribution in [3.8, 4) is 0 Å². The van der Waals surface area contributed by atoms with E-state index >= 15 is 0 Å². The second-order valence-electron chi connectivity index (χ2n) is 5.33. The minimum Gasteiger partial charge on any atom is -0.332 e. The highest BCUT2D eigenvalue weighted by molar-refractivity contribution is 9.10. The molecule has 1 aliphatic heterocycles. The van der Waals surface area contributed by atoms with Crippen LogP contribution in [0.1, 0.15) is 34.8 Å². The van der Waals surface area contributed by atoms with Crippen molar-refractivity contribution in [2.45, 2.75) is 18.9 Å². The molecule has 1 fully saturated rings. The first-order chi connectivity index (χ1) is 10.6. The Kier molecular flexibility index (Phi) is 4.25. The molecule has 0 spiro atoms. The lowest BCUT2D eigenvalue weighted by Gasteiger charge is -2.25. The van der Waals surface area contributed by atoms with Crippen molar-refractivity contribution in [1.82, 2.24) is 4.90 Å². The predicted octanol–water partition coefficient (Wildman–Crippen LogP) is 4.70. The van der Waals surface area contributed by atoms with Gasteiger partial charge in [-0.2, -0.15) is 0 Å². The van der Waals surface area contributed by atoms with Crippen molar-refractivity contribution < 1.29 is 13.6 Å². The number of rotatable bonds is 2. The Balaban J connectivity index is 1.91. The molecule has 0 aromatic heterocycles. The molecule has 1 unspecified atom stereocenters. The fraction of sp³-hybridized carbons (Fsp3) is 0.235. The van der Waals surface area contributed by atoms with Crippen molar-refractivity contribution in [2.75, 3.05) is 6.54 Å². The van der Waals surface area contributed by atoms with Crippen molar-refractivity contribution in [2.24, 2.45) is 0 Å². The van der Waals surface area contributed by atoms with Gasteiger partial charge in [-0.05, 0) is 64.7 Å². The molecule has 22 heavy (non-hydrogen) atoms. The van der Waals surface area contributed by atoms with Gasteiger partial charge in [0.2, 0.25) is 0 Å². The van der Waals surface area contributed by atoms with Crippen LogP contribution in [0.3, 0.4) is 0 Å². The van der Waals surface area contributed by atoms with E-state index in [1.807, 2.05) is 0 Å². The summed E-state index contributed by atoms with van der Waals surface area (Å²) in [5, 5.41) is 0. The predicted molar refractivity (Wildman–Crippen MR) is 83.5 cm³/mol. The summed E-state index contributed by atoms with van der Waals surface area (Å²) < 4.78 is 27.1. The molecular weight excluding hydrogens is 352 g/mol. The fourth-order valence-electron chi connectivity index (χ4n) is 2.86. The minimum absolute atomic E-state index is 0.0942. The minimum atomic E-state index is -0.441. The van der Waals surface area contributed by atoms with Gasteiger partial charge in [0.15, 0.2) is 0 Å². The number of nitrogens with zero attached hydrogens (tertiary/aromatic N) is 1. The number of halogens is 3. The normalized spacial score (nSPS) is 17.8. The van der Waals surface area contributed by atoms with E-state index in [1.165, 1.54) is 30.3 Å². The molecule has 0 bridgehead atoms. The molecule has 0 N–H and O–H groups in total. The largest absolute Gasteiger partial charge is 0.332 e. The van der Waals surface area contributed by atoms with E-state index in [0.29, 0.717) is 16.6 Å². The quantitative estimate of drug-likeness (QED) is 0.754. The second kappa shape index (κ2) is 6.16. The van der Waals surface area contributed by atoms with Crippen LogP contribution < -0.4 is 0 Å². The van der Waals surface area contributed by atoms with E-state index < -0.39 is 5.82 Å². The molecule has 2 nitrogen and oxygen atoms in total. The fourth-order valence-corrected chi connectivity index (χ4v) is 3.27. The van der Waals surface area contributed by atoms with Crippen LogP contribution in [0.2, 0.25) is 0 Å². The summed E-state index contributed by atoms with van der Waals surface area (Å²) >= 11 is 3.30. The van der Waals surface area contributed by atoms with Crippen LogP contribution >= 0.6 is 15.9 Å². The summed E-state index contributed by atoms with van der Waals surface area (Å²) in [6.45, 7) is 0.615. The van der Waals surface area contributed by atoms with Gasteiger partial charge in [0, 0.05) is 11.0 Å². The first-order valence-corrected chi connectivity index (χ1v) is 7.87. The summed E-state index contributed by atoms with van der Waals surface area (Å²) in [6, 6.07) is 10.2. The number of carbonyl (C=O) groups excluding carboxylic acids is 1. The SMILES string of the molecule is O=C(c1cc(F)ccc1Br)N1CCCC1c1ccc(F)cc1. The van der Waals surface area contributed by atoms with Gasteiger partial charge in [0.25, 0.3) is 5.91 Å². The zero-order chi connectivity index (χ0) is 15.7. The van der Waals surface area contributed by atoms with Crippen molar-refractivity contribution in [3.05, 3.63) is 69.7 Å². The molecule has 1 amide bonds. The van der Waals surface area contributed by atoms with Crippen LogP contribution in [0.5, 0.6) is 0 Å². The van der Waals surface area contributed by atoms with Crippen LogP contribution in [0.4, 0.5) is 8.78 Å². The molecule has 114 valence electrons. The van der Waals surface area contributed by atoms with Gasteiger partial charge in [0.1, 0.15) is 11.6 Å². The Morgan fingerprint density at radius 2 is 1.77 bits per heavy atom. The standard InChI is InChI=1S/C17H14BrF2NO/c18-15-8-7-13(20)10-14(15)17(22)21-9-1-2-16(21)11-3-5-12(19)6-4-11/h3-8,10,16H,1-2,9H2. The Labute approximate surface area is 135 Å². The van der Waals surface area contributed by atoms with Gasteiger partial charge in [-0.25, -0.2) is 8.78 Å². The van der Waals surface area contributed by atoms with Crippen LogP contribution in [0, 0.1) is 11.6 Å². The van der Waals surface area contributed by atoms with Gasteiger partial charge in [-0.1, -0.05) is 12.1 Å². The summed E-state index contributed by atoms with van der Waals surface area (Å²) in [5.74, 6) is -0.949. The lowest BCUT2D eigenvalue weighted by atomic mass is 10.0. The lowest BCUT2D eigenvalue weighted by Crippen LogP contribution is -2.30. The Morgan fingerprint density at radius 3 is 2.50 bits per heavy atom. The van der Waals surface area contributed by atoms with Crippen molar-refractivity contribution >= 4 is 21.8 Å². The third kappa shape index (κ3) is 2.90. The molecule has 0 radical (unpaired) electrons. The van der Waals surface area contributed by atoms with Crippen molar-refractivity contribution in [1.29, 1.82) is 0 Å². The number of amides is 1. The van der Waals surface area contributed by atoms with Crippen LogP contribution in [-0.2, 0) is 0 Å². The highest BCUT2D eigenvalue weighted by Gasteiger charge is 2.31. The van der Waals surface area contributed by atoms with E-state index in [1.54, 1.807) is 17.0 Å². The second-order valence-corrected chi connectivity index (χ2v) is 6.19. The summed E-state index contributed by atoms with van der Waals surface area (Å²) in [6.07, 6.45) is 1.70. The summed E-state index contributed by atoms with van der Waals surface area (Å²) in [5.41, 5.74) is 1.22. The van der Waals surface area contributed by atoms with E-state index in [2.05, 4.69) is 15.9 Å². The molecule has 1 aliphatic rings. The van der Waals surface area contributed by atoms with Crippen LogP contribution in [-0.4, -0.2) is 17.4 Å². The van der Waals surface area contributed by atoms with Gasteiger partial charge < -0.3 is 4.90 Å². The maximum absolute atomic E-state index is 13.4. The number of carbonyl (C=O) groups is 1. The molecule has 0 saturated carbocycles. The number of hydrogen-bond acceptors (Lipinski definition) is 1. The number of likely N-dealkylation sites (tertiary alicyclic amines) is 1. The molecule has 1 heterocycles. The van der Waals surface area contributed by atoms with Gasteiger partial charge in [-0.15, -0.1) is 0 Å². The molecule has 1 saturated heterocycles. The van der Waals surface area contributed by atoms with Gasteiger partial charge in [-0.3, -0.25) is 4.79 Å². The number of benzene rings is 2. The third-order valence-corrected chi connectivity index (χ3v) is 4.62. The van der Waals surface area contributed by atoms with E-state index in [0.717, 1.165) is 18.4 Å². The molecule has 3 rings (SSSR count). The molecule has 5 heteroatoms. The van der Waals surface area contributed by atoms with E-state index in [9.17, 15) is 13.6 Å². The lowest BCUT2D eigenvalue weighted by molar-refractivity contribution is 0.0734. The first kappa shape index (κ1) is 15.2. The maximum Gasteiger partial charge on any atom is 0.255 e. The molecule has 2 aromatic rings. The van der Waals surface area contributed by atoms with Crippen molar-refractivity contribution in [3.63, 3.8) is 0 Å². The third-order valence-electron chi connectivity index (χ3n) is 3.93. The van der Waals surface area contributed by atoms with Crippen LogP contribution in [0.15, 0.2) is 46.9 Å². The summed E-state index contributed by atoms with van der Waals surface area (Å²) in [4.78, 5) is 14.5. The molecule has 0 aliphatic carbocycles. The summed E-state index contributed by atoms with van der Waals surface area (Å²) in [7, 11) is 0. The Hall–Kier alpha value is -1.75. The van der Waals surface area contributed by atoms with Gasteiger partial charge in [0.05, 0.1) is 11.6 Å². The smallest absolute Gasteiger partial charge is 0.255 e. The Morgan fingerprint density at radius 1 is 1.09 bits per heavy atom. The van der Waals surface area contributed by atoms with E-state index in [-0.39, 0.29) is 17.8 Å². The highest BCUT2D eigenvalue weighted by Crippen LogP contribution is 2.34. The topological polar surface area (TPSA) is 20.3 Å². The van der Waals surface area contributed by atoms with Crippen LogP contribution in [0.25, 0.3) is 0 Å².